The van der Waals surface area contributed by atoms with Crippen LogP contribution in [0.15, 0.2) is 24.3 Å². The topological polar surface area (TPSA) is 58.4 Å². The van der Waals surface area contributed by atoms with Crippen molar-refractivity contribution in [2.45, 2.75) is 25.8 Å². The number of likely N-dealkylation sites (tertiary alicyclic amines) is 1. The number of carbonyl (C=O) groups is 1. The molecule has 21 heavy (non-hydrogen) atoms. The highest BCUT2D eigenvalue weighted by molar-refractivity contribution is 5.78. The molecule has 1 aliphatic rings. The summed E-state index contributed by atoms with van der Waals surface area (Å²) >= 11 is 0. The number of nitrogens with one attached hydrogen (secondary N) is 1. The van der Waals surface area contributed by atoms with Crippen molar-refractivity contribution in [2.75, 3.05) is 26.2 Å². The van der Waals surface area contributed by atoms with E-state index in [1.54, 1.807) is 12.1 Å². The van der Waals surface area contributed by atoms with Gasteiger partial charge in [-0.15, -0.1) is 0 Å². The van der Waals surface area contributed by atoms with E-state index in [0.717, 1.165) is 37.9 Å². The second-order valence-corrected chi connectivity index (χ2v) is 5.64. The molecule has 1 saturated heterocycles. The van der Waals surface area contributed by atoms with Gasteiger partial charge in [-0.3, -0.25) is 9.69 Å². The second-order valence-electron chi connectivity index (χ2n) is 5.64. The molecule has 0 saturated carbocycles. The summed E-state index contributed by atoms with van der Waals surface area (Å²) < 4.78 is 13.2. The molecular weight excluding hydrogens is 269 g/mol. The van der Waals surface area contributed by atoms with E-state index >= 15 is 0 Å². The molecular formula is C16H24FN3O. The first-order chi connectivity index (χ1) is 10.2. The molecule has 0 radical (unpaired) electrons. The molecule has 2 rings (SSSR count). The number of halogens is 1. The van der Waals surface area contributed by atoms with Crippen molar-refractivity contribution >= 4 is 5.91 Å². The van der Waals surface area contributed by atoms with Crippen LogP contribution in [0.1, 0.15) is 24.8 Å². The quantitative estimate of drug-likeness (QED) is 0.782. The van der Waals surface area contributed by atoms with Crippen molar-refractivity contribution in [3.05, 3.63) is 35.6 Å². The Labute approximate surface area is 125 Å². The smallest absolute Gasteiger partial charge is 0.224 e. The predicted molar refractivity (Wildman–Crippen MR) is 81.1 cm³/mol. The Hall–Kier alpha value is -1.46. The third kappa shape index (κ3) is 5.10. The Morgan fingerprint density at radius 1 is 1.48 bits per heavy atom. The van der Waals surface area contributed by atoms with Crippen LogP contribution in [0.4, 0.5) is 4.39 Å². The summed E-state index contributed by atoms with van der Waals surface area (Å²) in [7, 11) is 0. The lowest BCUT2D eigenvalue weighted by molar-refractivity contribution is -0.126. The molecule has 0 aliphatic carbocycles. The molecule has 1 aliphatic heterocycles. The van der Waals surface area contributed by atoms with E-state index in [-0.39, 0.29) is 17.6 Å². The monoisotopic (exact) mass is 293 g/mol. The fourth-order valence-electron chi connectivity index (χ4n) is 2.76. The zero-order valence-corrected chi connectivity index (χ0v) is 12.4. The van der Waals surface area contributed by atoms with Gasteiger partial charge in [0.05, 0.1) is 5.92 Å². The number of hydrogen-bond donors (Lipinski definition) is 2. The van der Waals surface area contributed by atoms with Gasteiger partial charge < -0.3 is 11.1 Å². The maximum Gasteiger partial charge on any atom is 0.224 e. The number of rotatable bonds is 6. The average Bonchev–Trinajstić information content (AvgIpc) is 2.48. The van der Waals surface area contributed by atoms with Gasteiger partial charge >= 0.3 is 0 Å². The predicted octanol–water partition coefficient (Wildman–Crippen LogP) is 1.50. The number of benzene rings is 1. The highest BCUT2D eigenvalue weighted by Gasteiger charge is 2.25. The van der Waals surface area contributed by atoms with E-state index < -0.39 is 0 Å². The summed E-state index contributed by atoms with van der Waals surface area (Å²) in [6.07, 6.45) is 2.74. The van der Waals surface area contributed by atoms with Crippen LogP contribution in [0.3, 0.4) is 0 Å². The van der Waals surface area contributed by atoms with Crippen LogP contribution in [0.5, 0.6) is 0 Å². The van der Waals surface area contributed by atoms with Crippen LogP contribution in [0.25, 0.3) is 0 Å². The minimum atomic E-state index is -0.208. The minimum Gasteiger partial charge on any atom is -0.356 e. The van der Waals surface area contributed by atoms with Gasteiger partial charge in [-0.1, -0.05) is 12.1 Å². The van der Waals surface area contributed by atoms with E-state index in [1.807, 2.05) is 6.07 Å². The lowest BCUT2D eigenvalue weighted by atomic mass is 9.96. The summed E-state index contributed by atoms with van der Waals surface area (Å²) in [5.41, 5.74) is 6.38. The van der Waals surface area contributed by atoms with Gasteiger partial charge in [-0.25, -0.2) is 4.39 Å². The Morgan fingerprint density at radius 2 is 2.33 bits per heavy atom. The Balaban J connectivity index is 1.84. The van der Waals surface area contributed by atoms with Crippen LogP contribution in [0, 0.1) is 11.7 Å². The van der Waals surface area contributed by atoms with Gasteiger partial charge in [0, 0.05) is 19.6 Å². The summed E-state index contributed by atoms with van der Waals surface area (Å²) in [5.74, 6) is -0.0573. The molecule has 0 spiro atoms. The Morgan fingerprint density at radius 3 is 3.10 bits per heavy atom. The fourth-order valence-corrected chi connectivity index (χ4v) is 2.76. The molecule has 1 aromatic carbocycles. The Kier molecular flexibility index (Phi) is 6.14. The maximum absolute atomic E-state index is 13.2. The molecule has 1 atom stereocenters. The van der Waals surface area contributed by atoms with Gasteiger partial charge in [0.15, 0.2) is 0 Å². The zero-order valence-electron chi connectivity index (χ0n) is 12.4. The van der Waals surface area contributed by atoms with Gasteiger partial charge in [-0.05, 0) is 50.0 Å². The van der Waals surface area contributed by atoms with Gasteiger partial charge in [0.1, 0.15) is 5.82 Å². The molecule has 116 valence electrons. The van der Waals surface area contributed by atoms with Crippen molar-refractivity contribution in [3.8, 4) is 0 Å². The molecule has 5 heteroatoms. The number of piperidine rings is 1. The number of amides is 1. The third-order valence-corrected chi connectivity index (χ3v) is 3.85. The molecule has 1 aromatic rings. The highest BCUT2D eigenvalue weighted by atomic mass is 19.1. The summed E-state index contributed by atoms with van der Waals surface area (Å²) in [6, 6.07) is 6.66. The highest BCUT2D eigenvalue weighted by Crippen LogP contribution is 2.19. The van der Waals surface area contributed by atoms with E-state index in [4.69, 9.17) is 5.73 Å². The van der Waals surface area contributed by atoms with Gasteiger partial charge in [-0.2, -0.15) is 0 Å². The SMILES string of the molecule is NCCCNC(=O)C1CCCN(Cc2cccc(F)c2)C1. The number of nitrogens with zero attached hydrogens (tertiary/aromatic N) is 1. The minimum absolute atomic E-state index is 0.0325. The molecule has 1 amide bonds. The number of nitrogens with two attached hydrogens (primary N) is 1. The van der Waals surface area contributed by atoms with E-state index in [0.29, 0.717) is 19.6 Å². The Bertz CT molecular complexity index is 467. The van der Waals surface area contributed by atoms with Crippen LogP contribution >= 0.6 is 0 Å². The zero-order chi connectivity index (χ0) is 15.1. The van der Waals surface area contributed by atoms with Crippen LogP contribution < -0.4 is 11.1 Å². The molecule has 1 unspecified atom stereocenters. The molecule has 0 bridgehead atoms. The number of carbonyl (C=O) groups excluding carboxylic acids is 1. The van der Waals surface area contributed by atoms with Crippen molar-refractivity contribution < 1.29 is 9.18 Å². The molecule has 0 aromatic heterocycles. The maximum atomic E-state index is 13.2. The second kappa shape index (κ2) is 8.10. The van der Waals surface area contributed by atoms with Crippen LogP contribution in [-0.2, 0) is 11.3 Å². The first kappa shape index (κ1) is 15.9. The number of hydrogen-bond acceptors (Lipinski definition) is 3. The van der Waals surface area contributed by atoms with Crippen molar-refractivity contribution in [3.63, 3.8) is 0 Å². The van der Waals surface area contributed by atoms with Crippen molar-refractivity contribution in [1.82, 2.24) is 10.2 Å². The normalized spacial score (nSPS) is 19.4. The van der Waals surface area contributed by atoms with Gasteiger partial charge in [0.2, 0.25) is 5.91 Å². The van der Waals surface area contributed by atoms with Crippen molar-refractivity contribution in [1.29, 1.82) is 0 Å². The molecule has 1 heterocycles. The lowest BCUT2D eigenvalue weighted by Gasteiger charge is -2.32. The van der Waals surface area contributed by atoms with Gasteiger partial charge in [0.25, 0.3) is 0 Å². The van der Waals surface area contributed by atoms with Crippen molar-refractivity contribution in [2.24, 2.45) is 11.7 Å². The van der Waals surface area contributed by atoms with E-state index in [9.17, 15) is 9.18 Å². The van der Waals surface area contributed by atoms with Crippen LogP contribution in [-0.4, -0.2) is 37.0 Å². The third-order valence-electron chi connectivity index (χ3n) is 3.85. The first-order valence-electron chi connectivity index (χ1n) is 7.63. The van der Waals surface area contributed by atoms with E-state index in [2.05, 4.69) is 10.2 Å². The largest absolute Gasteiger partial charge is 0.356 e. The molecule has 3 N–H and O–H groups in total. The lowest BCUT2D eigenvalue weighted by Crippen LogP contribution is -2.43. The first-order valence-corrected chi connectivity index (χ1v) is 7.63. The molecule has 4 nitrogen and oxygen atoms in total. The summed E-state index contributed by atoms with van der Waals surface area (Å²) in [6.45, 7) is 3.64. The molecule has 1 fully saturated rings. The standard InChI is InChI=1S/C16H24FN3O/c17-15-6-1-4-13(10-15)11-20-9-2-5-14(12-20)16(21)19-8-3-7-18/h1,4,6,10,14H,2-3,5,7-9,11-12,18H2,(H,19,21). The van der Waals surface area contributed by atoms with Crippen LogP contribution in [0.2, 0.25) is 0 Å². The fraction of sp³-hybridized carbons (Fsp3) is 0.562. The average molecular weight is 293 g/mol. The summed E-state index contributed by atoms with van der Waals surface area (Å²) in [5, 5.41) is 2.94. The summed E-state index contributed by atoms with van der Waals surface area (Å²) in [4.78, 5) is 14.3. The van der Waals surface area contributed by atoms with E-state index in [1.165, 1.54) is 6.07 Å².